The van der Waals surface area contributed by atoms with Crippen LogP contribution in [0.25, 0.3) is 0 Å². The molecule has 0 saturated heterocycles. The van der Waals surface area contributed by atoms with Gasteiger partial charge in [0.1, 0.15) is 12.7 Å². The summed E-state index contributed by atoms with van der Waals surface area (Å²) in [6.45, 7) is 2.40. The first-order valence-corrected chi connectivity index (χ1v) is 27.4. The van der Waals surface area contributed by atoms with Crippen LogP contribution in [0.5, 0.6) is 0 Å². The first-order chi connectivity index (χ1) is 33.1. The van der Waals surface area contributed by atoms with E-state index in [1.54, 1.807) is 12.2 Å². The number of esters is 1. The van der Waals surface area contributed by atoms with Crippen LogP contribution >= 0.6 is 7.82 Å². The Bertz CT molecular complexity index is 1560. The number of nitrogens with one attached hydrogen (secondary N) is 1. The summed E-state index contributed by atoms with van der Waals surface area (Å²) in [5, 5.41) is 21.8. The molecule has 12 heteroatoms. The lowest BCUT2D eigenvalue weighted by Crippen LogP contribution is -2.43. The van der Waals surface area contributed by atoms with Gasteiger partial charge in [-0.15, -0.1) is 0 Å². The molecule has 0 aliphatic carbocycles. The normalized spacial score (nSPS) is 14.4. The van der Waals surface area contributed by atoms with Crippen molar-refractivity contribution in [2.75, 3.05) is 19.8 Å². The van der Waals surface area contributed by atoms with Gasteiger partial charge >= 0.3 is 19.8 Å². The number of carbonyl (C=O) groups is 3. The van der Waals surface area contributed by atoms with Gasteiger partial charge in [0.25, 0.3) is 0 Å². The predicted octanol–water partition coefficient (Wildman–Crippen LogP) is 14.6. The van der Waals surface area contributed by atoms with E-state index in [-0.39, 0.29) is 12.8 Å². The van der Waals surface area contributed by atoms with Gasteiger partial charge in [0.15, 0.2) is 6.04 Å². The highest BCUT2D eigenvalue weighted by atomic mass is 31.2. The number of aliphatic hydroxyl groups excluding tert-OH is 1. The quantitative estimate of drug-likeness (QED) is 0.0199. The summed E-state index contributed by atoms with van der Waals surface area (Å²) in [4.78, 5) is 46.1. The minimum Gasteiger partial charge on any atom is -0.480 e. The molecular weight excluding hydrogens is 878 g/mol. The molecule has 0 fully saturated rings. The fraction of sp³-hybridized carbons (Fsp3) is 0.625. The number of phosphoric ester groups is 1. The van der Waals surface area contributed by atoms with Crippen LogP contribution in [0.4, 0.5) is 0 Å². The van der Waals surface area contributed by atoms with E-state index >= 15 is 0 Å². The van der Waals surface area contributed by atoms with Crippen LogP contribution in [0.3, 0.4) is 0 Å². The summed E-state index contributed by atoms with van der Waals surface area (Å²) < 4.78 is 26.9. The van der Waals surface area contributed by atoms with Crippen LogP contribution in [0.2, 0.25) is 0 Å². The number of allylic oxidation sites excluding steroid dienone is 17. The van der Waals surface area contributed by atoms with Crippen LogP contribution in [0.1, 0.15) is 194 Å². The topological polar surface area (TPSA) is 169 Å². The first-order valence-electron chi connectivity index (χ1n) is 25.9. The maximum atomic E-state index is 12.3. The molecule has 11 nitrogen and oxygen atoms in total. The predicted molar refractivity (Wildman–Crippen MR) is 281 cm³/mol. The van der Waals surface area contributed by atoms with Gasteiger partial charge < -0.3 is 25.2 Å². The number of carboxylic acid groups (broad SMARTS) is 1. The SMILES string of the molecule is CC/C=C\C/C=C\C/C=C\C/C=C\C/C=C\C/C=C\C/C=C\CC(=O)NC(COP(=O)(O)OCC(O)COC(=O)CCCCCCCCCCCCCCC/C=C\C/C=C\CCCCC)C(=O)O. The van der Waals surface area contributed by atoms with E-state index in [1.807, 2.05) is 12.2 Å². The second-order valence-electron chi connectivity index (χ2n) is 17.0. The number of carboxylic acids is 1. The molecule has 68 heavy (non-hydrogen) atoms. The monoisotopic (exact) mass is 970 g/mol. The zero-order valence-electron chi connectivity index (χ0n) is 42.1. The molecule has 0 aliphatic rings. The van der Waals surface area contributed by atoms with E-state index in [2.05, 4.69) is 104 Å². The number of hydrogen-bond acceptors (Lipinski definition) is 8. The number of amides is 1. The second kappa shape index (κ2) is 49.6. The van der Waals surface area contributed by atoms with E-state index in [1.165, 1.54) is 89.9 Å². The second-order valence-corrected chi connectivity index (χ2v) is 18.4. The lowest BCUT2D eigenvalue weighted by atomic mass is 10.0. The lowest BCUT2D eigenvalue weighted by Gasteiger charge is -2.18. The average molecular weight is 970 g/mol. The summed E-state index contributed by atoms with van der Waals surface area (Å²) >= 11 is 0. The van der Waals surface area contributed by atoms with Gasteiger partial charge in [0, 0.05) is 12.8 Å². The standard InChI is InChI=1S/C56H92NO10P/c1-3-5-7-9-11-13-15-17-19-21-23-25-26-28-30-32-34-36-38-40-42-44-46-48-55(60)65-49-52(58)50-66-68(63,64)67-51-53(56(61)62)57-54(59)47-45-43-41-39-37-35-33-31-29-27-24-22-20-18-16-14-12-10-8-6-4-2/h6,8,11-14,17-20,24,27,31,33,37,39,43,45,52-53,58H,3-5,7,9-10,15-16,21-23,25-26,28-30,32,34-36,38,40-42,44,46-51H2,1-2H3,(H,57,59)(H,61,62)(H,63,64)/b8-6-,13-11-,14-12-,19-17-,20-18-,27-24-,33-31-,39-37-,45-43-. The van der Waals surface area contributed by atoms with Gasteiger partial charge in [-0.3, -0.25) is 18.6 Å². The zero-order chi connectivity index (χ0) is 49.9. The third-order valence-corrected chi connectivity index (χ3v) is 11.5. The Morgan fingerprint density at radius 1 is 0.500 bits per heavy atom. The maximum absolute atomic E-state index is 12.3. The van der Waals surface area contributed by atoms with E-state index in [4.69, 9.17) is 13.8 Å². The van der Waals surface area contributed by atoms with Gasteiger partial charge in [-0.2, -0.15) is 0 Å². The van der Waals surface area contributed by atoms with Crippen molar-refractivity contribution < 1.29 is 47.8 Å². The van der Waals surface area contributed by atoms with Crippen molar-refractivity contribution >= 4 is 25.7 Å². The summed E-state index contributed by atoms with van der Waals surface area (Å²) in [6, 6.07) is -1.61. The maximum Gasteiger partial charge on any atom is 0.472 e. The molecule has 0 spiro atoms. The number of aliphatic carboxylic acids is 1. The van der Waals surface area contributed by atoms with Crippen LogP contribution < -0.4 is 5.32 Å². The van der Waals surface area contributed by atoms with Crippen molar-refractivity contribution in [3.8, 4) is 0 Å². The highest BCUT2D eigenvalue weighted by Gasteiger charge is 2.28. The minimum atomic E-state index is -4.80. The van der Waals surface area contributed by atoms with Crippen LogP contribution in [-0.2, 0) is 32.7 Å². The number of aliphatic hydroxyl groups is 1. The fourth-order valence-electron chi connectivity index (χ4n) is 6.60. The van der Waals surface area contributed by atoms with Crippen LogP contribution in [0, 0.1) is 0 Å². The number of rotatable bonds is 47. The Morgan fingerprint density at radius 2 is 0.882 bits per heavy atom. The Labute approximate surface area is 412 Å². The molecule has 0 aromatic heterocycles. The van der Waals surface area contributed by atoms with Gasteiger partial charge in [-0.05, 0) is 83.5 Å². The van der Waals surface area contributed by atoms with Gasteiger partial charge in [0.2, 0.25) is 5.91 Å². The van der Waals surface area contributed by atoms with Crippen molar-refractivity contribution in [2.45, 2.75) is 206 Å². The highest BCUT2D eigenvalue weighted by molar-refractivity contribution is 7.47. The molecule has 386 valence electrons. The summed E-state index contributed by atoms with van der Waals surface area (Å²) in [5.41, 5.74) is 0. The molecule has 3 unspecified atom stereocenters. The van der Waals surface area contributed by atoms with Crippen molar-refractivity contribution in [3.05, 3.63) is 109 Å². The Balaban J connectivity index is 3.94. The third-order valence-electron chi connectivity index (χ3n) is 10.6. The number of carbonyl (C=O) groups excluding carboxylic acids is 2. The molecule has 0 rings (SSSR count). The van der Waals surface area contributed by atoms with E-state index in [9.17, 15) is 34.1 Å². The van der Waals surface area contributed by atoms with Gasteiger partial charge in [-0.1, -0.05) is 207 Å². The average Bonchev–Trinajstić information content (AvgIpc) is 3.32. The summed E-state index contributed by atoms with van der Waals surface area (Å²) in [6.07, 6.45) is 65.7. The number of ether oxygens (including phenoxy) is 1. The Kier molecular flexibility index (Phi) is 46.7. The van der Waals surface area contributed by atoms with Crippen molar-refractivity contribution in [2.24, 2.45) is 0 Å². The van der Waals surface area contributed by atoms with Crippen molar-refractivity contribution in [1.29, 1.82) is 0 Å². The number of unbranched alkanes of at least 4 members (excludes halogenated alkanes) is 16. The molecule has 0 aliphatic heterocycles. The number of phosphoric acid groups is 1. The molecule has 0 aromatic carbocycles. The number of hydrogen-bond donors (Lipinski definition) is 4. The van der Waals surface area contributed by atoms with E-state index in [0.717, 1.165) is 64.2 Å². The molecular formula is C56H92NO10P. The third kappa shape index (κ3) is 48.6. The molecule has 1 amide bonds. The largest absolute Gasteiger partial charge is 0.480 e. The molecule has 0 bridgehead atoms. The molecule has 4 N–H and O–H groups in total. The van der Waals surface area contributed by atoms with Crippen molar-refractivity contribution in [1.82, 2.24) is 5.32 Å². The fourth-order valence-corrected chi connectivity index (χ4v) is 7.37. The molecule has 0 saturated carbocycles. The van der Waals surface area contributed by atoms with Gasteiger partial charge in [-0.25, -0.2) is 9.36 Å². The molecule has 0 radical (unpaired) electrons. The highest BCUT2D eigenvalue weighted by Crippen LogP contribution is 2.43. The molecule has 0 aromatic rings. The molecule has 0 heterocycles. The van der Waals surface area contributed by atoms with Crippen LogP contribution in [-0.4, -0.2) is 64.9 Å². The molecule has 3 atom stereocenters. The Hall–Kier alpha value is -3.86. The summed E-state index contributed by atoms with van der Waals surface area (Å²) in [7, 11) is -4.80. The van der Waals surface area contributed by atoms with E-state index in [0.29, 0.717) is 12.8 Å². The Morgan fingerprint density at radius 3 is 1.32 bits per heavy atom. The first kappa shape index (κ1) is 64.1. The lowest BCUT2D eigenvalue weighted by molar-refractivity contribution is -0.147. The smallest absolute Gasteiger partial charge is 0.472 e. The van der Waals surface area contributed by atoms with Crippen molar-refractivity contribution in [3.63, 3.8) is 0 Å². The van der Waals surface area contributed by atoms with Gasteiger partial charge in [0.05, 0.1) is 13.2 Å². The minimum absolute atomic E-state index is 0.0951. The zero-order valence-corrected chi connectivity index (χ0v) is 43.0. The summed E-state index contributed by atoms with van der Waals surface area (Å²) in [5.74, 6) is -2.56. The van der Waals surface area contributed by atoms with Crippen LogP contribution in [0.15, 0.2) is 109 Å². The van der Waals surface area contributed by atoms with E-state index < -0.39 is 57.6 Å².